The highest BCUT2D eigenvalue weighted by Gasteiger charge is 2.21. The van der Waals surface area contributed by atoms with Gasteiger partial charge in [0.1, 0.15) is 17.3 Å². The summed E-state index contributed by atoms with van der Waals surface area (Å²) >= 11 is 0. The number of anilines is 1. The number of benzene rings is 1. The molecule has 0 aliphatic carbocycles. The molecule has 7 heteroatoms. The molecule has 2 aromatic rings. The Morgan fingerprint density at radius 2 is 2.07 bits per heavy atom. The van der Waals surface area contributed by atoms with Crippen LogP contribution in [0.25, 0.3) is 0 Å². The highest BCUT2D eigenvalue weighted by molar-refractivity contribution is 5.80. The molecule has 0 atom stereocenters. The lowest BCUT2D eigenvalue weighted by atomic mass is 10.1. The van der Waals surface area contributed by atoms with Crippen molar-refractivity contribution in [3.05, 3.63) is 47.7 Å². The largest absolute Gasteiger partial charge is 0.508 e. The molecule has 0 saturated carbocycles. The first-order chi connectivity index (χ1) is 14.1. The summed E-state index contributed by atoms with van der Waals surface area (Å²) < 4.78 is 5.12. The number of guanidine groups is 1. The summed E-state index contributed by atoms with van der Waals surface area (Å²) in [5.74, 6) is 2.77. The van der Waals surface area contributed by atoms with Gasteiger partial charge in [-0.2, -0.15) is 0 Å². The van der Waals surface area contributed by atoms with Crippen LogP contribution in [0.1, 0.15) is 24.1 Å². The van der Waals surface area contributed by atoms with Gasteiger partial charge >= 0.3 is 0 Å². The Bertz CT molecular complexity index is 832. The summed E-state index contributed by atoms with van der Waals surface area (Å²) in [6.45, 7) is 4.67. The van der Waals surface area contributed by atoms with Gasteiger partial charge in [0.15, 0.2) is 5.96 Å². The first kappa shape index (κ1) is 20.8. The van der Waals surface area contributed by atoms with Crippen molar-refractivity contribution in [2.24, 2.45) is 4.99 Å². The number of piperidine rings is 1. The number of phenolic OH excluding ortho intramolecular Hbond substituents is 1. The fourth-order valence-electron chi connectivity index (χ4n) is 3.54. The SMILES string of the molecule is CN=C(NCCc1ccc(OC)cc1O)NC1CCN(c2cccc(C)n2)CC1. The number of aryl methyl sites for hydroxylation is 1. The van der Waals surface area contributed by atoms with Crippen LogP contribution in [-0.2, 0) is 6.42 Å². The molecular weight excluding hydrogens is 366 g/mol. The van der Waals surface area contributed by atoms with Crippen LogP contribution in [0.2, 0.25) is 0 Å². The molecule has 2 heterocycles. The van der Waals surface area contributed by atoms with Gasteiger partial charge in [-0.25, -0.2) is 4.98 Å². The number of methoxy groups -OCH3 is 1. The zero-order valence-electron chi connectivity index (χ0n) is 17.5. The molecule has 1 aromatic carbocycles. The van der Waals surface area contributed by atoms with Crippen LogP contribution in [-0.4, -0.2) is 55.9 Å². The third-order valence-electron chi connectivity index (χ3n) is 5.24. The maximum atomic E-state index is 10.1. The van der Waals surface area contributed by atoms with Crippen molar-refractivity contribution in [2.75, 3.05) is 38.7 Å². The van der Waals surface area contributed by atoms with Crippen molar-refractivity contribution in [1.82, 2.24) is 15.6 Å². The molecular formula is C22H31N5O2. The molecule has 3 rings (SSSR count). The van der Waals surface area contributed by atoms with Crippen LogP contribution in [0.5, 0.6) is 11.5 Å². The maximum Gasteiger partial charge on any atom is 0.191 e. The van der Waals surface area contributed by atoms with E-state index in [1.807, 2.05) is 25.1 Å². The molecule has 0 unspecified atom stereocenters. The number of rotatable bonds is 6. The van der Waals surface area contributed by atoms with Gasteiger partial charge in [-0.3, -0.25) is 4.99 Å². The molecule has 3 N–H and O–H groups in total. The number of nitrogens with zero attached hydrogens (tertiary/aromatic N) is 3. The predicted molar refractivity (Wildman–Crippen MR) is 117 cm³/mol. The fourth-order valence-corrected chi connectivity index (χ4v) is 3.54. The first-order valence-corrected chi connectivity index (χ1v) is 10.1. The lowest BCUT2D eigenvalue weighted by Gasteiger charge is -2.34. The minimum absolute atomic E-state index is 0.256. The molecule has 1 aliphatic heterocycles. The van der Waals surface area contributed by atoms with Crippen molar-refractivity contribution in [1.29, 1.82) is 0 Å². The number of pyridine rings is 1. The van der Waals surface area contributed by atoms with Crippen LogP contribution in [0.3, 0.4) is 0 Å². The van der Waals surface area contributed by atoms with Crippen LogP contribution >= 0.6 is 0 Å². The van der Waals surface area contributed by atoms with Crippen LogP contribution in [0.15, 0.2) is 41.4 Å². The number of aromatic hydroxyl groups is 1. The quantitative estimate of drug-likeness (QED) is 0.513. The van der Waals surface area contributed by atoms with Gasteiger partial charge < -0.3 is 25.4 Å². The molecule has 1 fully saturated rings. The molecule has 1 aliphatic rings. The van der Waals surface area contributed by atoms with Gasteiger partial charge in [-0.05, 0) is 49.9 Å². The number of nitrogens with one attached hydrogen (secondary N) is 2. The summed E-state index contributed by atoms with van der Waals surface area (Å²) in [5, 5.41) is 16.9. The average molecular weight is 398 g/mol. The van der Waals surface area contributed by atoms with E-state index in [-0.39, 0.29) is 5.75 Å². The van der Waals surface area contributed by atoms with E-state index in [4.69, 9.17) is 4.74 Å². The van der Waals surface area contributed by atoms with Gasteiger partial charge in [-0.15, -0.1) is 0 Å². The van der Waals surface area contributed by atoms with Crippen molar-refractivity contribution in [2.45, 2.75) is 32.2 Å². The Morgan fingerprint density at radius 3 is 2.72 bits per heavy atom. The van der Waals surface area contributed by atoms with E-state index in [2.05, 4.69) is 37.6 Å². The maximum absolute atomic E-state index is 10.1. The highest BCUT2D eigenvalue weighted by atomic mass is 16.5. The number of ether oxygens (including phenoxy) is 1. The van der Waals surface area contributed by atoms with E-state index in [9.17, 15) is 5.11 Å². The van der Waals surface area contributed by atoms with Gasteiger partial charge in [0.05, 0.1) is 7.11 Å². The summed E-state index contributed by atoms with van der Waals surface area (Å²) in [5.41, 5.74) is 1.93. The topological polar surface area (TPSA) is 82.0 Å². The van der Waals surface area contributed by atoms with Crippen molar-refractivity contribution in [3.8, 4) is 11.5 Å². The van der Waals surface area contributed by atoms with Crippen LogP contribution in [0.4, 0.5) is 5.82 Å². The van der Waals surface area contributed by atoms with Gasteiger partial charge in [0.2, 0.25) is 0 Å². The number of aromatic nitrogens is 1. The summed E-state index contributed by atoms with van der Waals surface area (Å²) in [6.07, 6.45) is 2.78. The van der Waals surface area contributed by atoms with E-state index in [0.29, 0.717) is 24.8 Å². The Balaban J connectivity index is 1.44. The smallest absolute Gasteiger partial charge is 0.191 e. The van der Waals surface area contributed by atoms with E-state index < -0.39 is 0 Å². The van der Waals surface area contributed by atoms with Gasteiger partial charge in [0.25, 0.3) is 0 Å². The summed E-state index contributed by atoms with van der Waals surface area (Å²) in [7, 11) is 3.37. The van der Waals surface area contributed by atoms with E-state index in [1.165, 1.54) is 0 Å². The third-order valence-corrected chi connectivity index (χ3v) is 5.24. The molecule has 7 nitrogen and oxygen atoms in total. The molecule has 29 heavy (non-hydrogen) atoms. The van der Waals surface area contributed by atoms with Crippen LogP contribution in [0, 0.1) is 6.92 Å². The minimum Gasteiger partial charge on any atom is -0.508 e. The summed E-state index contributed by atoms with van der Waals surface area (Å²) in [4.78, 5) is 11.3. The van der Waals surface area contributed by atoms with E-state index in [1.54, 1.807) is 20.2 Å². The lowest BCUT2D eigenvalue weighted by Crippen LogP contribution is -2.49. The third kappa shape index (κ3) is 5.76. The number of hydrogen-bond acceptors (Lipinski definition) is 5. The second kappa shape index (κ2) is 10.0. The van der Waals surface area contributed by atoms with Crippen LogP contribution < -0.4 is 20.3 Å². The van der Waals surface area contributed by atoms with Gasteiger partial charge in [-0.1, -0.05) is 12.1 Å². The first-order valence-electron chi connectivity index (χ1n) is 10.1. The minimum atomic E-state index is 0.256. The fraction of sp³-hybridized carbons (Fsp3) is 0.455. The second-order valence-corrected chi connectivity index (χ2v) is 7.29. The Kier molecular flexibility index (Phi) is 7.16. The molecule has 156 valence electrons. The lowest BCUT2D eigenvalue weighted by molar-refractivity contribution is 0.406. The molecule has 1 aromatic heterocycles. The predicted octanol–water partition coefficient (Wildman–Crippen LogP) is 2.48. The normalized spacial score (nSPS) is 15.3. The van der Waals surface area contributed by atoms with Crippen molar-refractivity contribution < 1.29 is 9.84 Å². The number of aliphatic imine (C=N–C) groups is 1. The number of hydrogen-bond donors (Lipinski definition) is 3. The molecule has 0 radical (unpaired) electrons. The standard InChI is InChI=1S/C22H31N5O2/c1-16-5-4-6-21(25-16)27-13-10-18(11-14-27)26-22(23-2)24-12-9-17-7-8-19(29-3)15-20(17)28/h4-8,15,18,28H,9-14H2,1-3H3,(H2,23,24,26). The van der Waals surface area contributed by atoms with Crippen molar-refractivity contribution in [3.63, 3.8) is 0 Å². The Labute approximate surface area is 172 Å². The highest BCUT2D eigenvalue weighted by Crippen LogP contribution is 2.23. The zero-order chi connectivity index (χ0) is 20.6. The average Bonchev–Trinajstić information content (AvgIpc) is 2.74. The molecule has 0 bridgehead atoms. The van der Waals surface area contributed by atoms with Crippen molar-refractivity contribution >= 4 is 11.8 Å². The van der Waals surface area contributed by atoms with Gasteiger partial charge in [0, 0.05) is 44.5 Å². The molecule has 1 saturated heterocycles. The van der Waals surface area contributed by atoms with E-state index >= 15 is 0 Å². The monoisotopic (exact) mass is 397 g/mol. The van der Waals surface area contributed by atoms with E-state index in [0.717, 1.165) is 49.0 Å². The number of phenols is 1. The molecule has 0 spiro atoms. The Morgan fingerprint density at radius 1 is 1.28 bits per heavy atom. The zero-order valence-corrected chi connectivity index (χ0v) is 17.5. The second-order valence-electron chi connectivity index (χ2n) is 7.29. The summed E-state index contributed by atoms with van der Waals surface area (Å²) in [6, 6.07) is 11.9. The Hall–Kier alpha value is -2.96. The molecule has 0 amide bonds.